The minimum atomic E-state index is -4.77. The van der Waals surface area contributed by atoms with Crippen LogP contribution in [0.4, 0.5) is 18.9 Å². The molecule has 1 N–H and O–H groups in total. The second-order valence-corrected chi connectivity index (χ2v) is 6.04. The molecule has 0 unspecified atom stereocenters. The third-order valence-electron chi connectivity index (χ3n) is 4.18. The van der Waals surface area contributed by atoms with Gasteiger partial charge in [-0.1, -0.05) is 12.1 Å². The number of benzene rings is 2. The summed E-state index contributed by atoms with van der Waals surface area (Å²) in [6.07, 6.45) is -4.73. The maximum Gasteiger partial charge on any atom is 0.573 e. The molecule has 0 radical (unpaired) electrons. The molecule has 1 heterocycles. The summed E-state index contributed by atoms with van der Waals surface area (Å²) in [5, 5.41) is 2.59. The van der Waals surface area contributed by atoms with E-state index in [1.807, 2.05) is 31.2 Å². The van der Waals surface area contributed by atoms with Crippen LogP contribution in [0, 0.1) is 0 Å². The highest BCUT2D eigenvalue weighted by molar-refractivity contribution is 5.90. The van der Waals surface area contributed by atoms with Crippen LogP contribution in [0.15, 0.2) is 53.3 Å². The van der Waals surface area contributed by atoms with Crippen LogP contribution in [0.5, 0.6) is 5.75 Å². The van der Waals surface area contributed by atoms with Gasteiger partial charge in [0.1, 0.15) is 5.75 Å². The summed E-state index contributed by atoms with van der Waals surface area (Å²) in [5.41, 5.74) is 1.69. The number of aromatic nitrogens is 2. The molecule has 0 aliphatic heterocycles. The molecular weight excluding hydrogens is 375 g/mol. The van der Waals surface area contributed by atoms with Gasteiger partial charge in [0.05, 0.1) is 11.0 Å². The second kappa shape index (κ2) is 7.79. The molecule has 0 aliphatic carbocycles. The average molecular weight is 393 g/mol. The van der Waals surface area contributed by atoms with Crippen molar-refractivity contribution in [1.82, 2.24) is 9.13 Å². The second-order valence-electron chi connectivity index (χ2n) is 6.04. The molecule has 3 rings (SSSR count). The molecule has 6 nitrogen and oxygen atoms in total. The Labute approximate surface area is 158 Å². The molecule has 0 atom stereocenters. The maximum absolute atomic E-state index is 12.5. The van der Waals surface area contributed by atoms with Gasteiger partial charge in [-0.05, 0) is 43.3 Å². The highest BCUT2D eigenvalue weighted by Gasteiger charge is 2.30. The zero-order valence-electron chi connectivity index (χ0n) is 15.0. The number of hydrogen-bond acceptors (Lipinski definition) is 3. The number of ether oxygens (including phenoxy) is 1. The number of nitrogens with one attached hydrogen (secondary N) is 1. The van der Waals surface area contributed by atoms with Crippen molar-refractivity contribution >= 4 is 22.6 Å². The zero-order chi connectivity index (χ0) is 20.3. The van der Waals surface area contributed by atoms with Crippen LogP contribution < -0.4 is 15.7 Å². The van der Waals surface area contributed by atoms with Crippen molar-refractivity contribution in [2.45, 2.75) is 32.8 Å². The Bertz CT molecular complexity index is 1040. The van der Waals surface area contributed by atoms with E-state index in [4.69, 9.17) is 0 Å². The molecule has 2 aromatic carbocycles. The number of nitrogens with zero attached hydrogens (tertiary/aromatic N) is 2. The van der Waals surface area contributed by atoms with Gasteiger partial charge in [0.15, 0.2) is 0 Å². The summed E-state index contributed by atoms with van der Waals surface area (Å²) in [4.78, 5) is 24.7. The van der Waals surface area contributed by atoms with Crippen LogP contribution in [-0.2, 0) is 17.9 Å². The van der Waals surface area contributed by atoms with Gasteiger partial charge in [0.2, 0.25) is 5.91 Å². The lowest BCUT2D eigenvalue weighted by atomic mass is 10.3. The number of carbonyl (C=O) groups excluding carboxylic acids is 1. The average Bonchev–Trinajstić information content (AvgIpc) is 2.91. The maximum atomic E-state index is 12.5. The number of rotatable bonds is 6. The SMILES string of the molecule is CCn1c(=O)n(CCC(=O)Nc2ccc(OC(F)(F)F)cc2)c2ccccc21. The molecule has 0 aliphatic rings. The smallest absolute Gasteiger partial charge is 0.406 e. The van der Waals surface area contributed by atoms with Crippen molar-refractivity contribution in [2.24, 2.45) is 0 Å². The van der Waals surface area contributed by atoms with Gasteiger partial charge in [-0.3, -0.25) is 13.9 Å². The highest BCUT2D eigenvalue weighted by Crippen LogP contribution is 2.24. The number of para-hydroxylation sites is 2. The van der Waals surface area contributed by atoms with Crippen LogP contribution in [0.2, 0.25) is 0 Å². The van der Waals surface area contributed by atoms with Gasteiger partial charge >= 0.3 is 12.1 Å². The lowest BCUT2D eigenvalue weighted by Crippen LogP contribution is -2.25. The summed E-state index contributed by atoms with van der Waals surface area (Å²) < 4.78 is 43.4. The molecule has 0 bridgehead atoms. The largest absolute Gasteiger partial charge is 0.573 e. The Morgan fingerprint density at radius 3 is 2.21 bits per heavy atom. The van der Waals surface area contributed by atoms with E-state index in [1.165, 1.54) is 12.1 Å². The minimum Gasteiger partial charge on any atom is -0.406 e. The van der Waals surface area contributed by atoms with Crippen molar-refractivity contribution in [3.05, 3.63) is 59.0 Å². The Balaban J connectivity index is 1.66. The van der Waals surface area contributed by atoms with Crippen LogP contribution in [0.3, 0.4) is 0 Å². The van der Waals surface area contributed by atoms with Crippen molar-refractivity contribution in [2.75, 3.05) is 5.32 Å². The number of amides is 1. The van der Waals surface area contributed by atoms with Gasteiger partial charge in [-0.2, -0.15) is 0 Å². The quantitative estimate of drug-likeness (QED) is 0.694. The molecule has 28 heavy (non-hydrogen) atoms. The molecule has 9 heteroatoms. The van der Waals surface area contributed by atoms with Crippen LogP contribution in [-0.4, -0.2) is 21.4 Å². The lowest BCUT2D eigenvalue weighted by molar-refractivity contribution is -0.274. The molecule has 3 aromatic rings. The molecular formula is C19H18F3N3O3. The standard InChI is InChI=1S/C19H18F3N3O3/c1-2-24-15-5-3-4-6-16(15)25(18(24)27)12-11-17(26)23-13-7-9-14(10-8-13)28-19(20,21)22/h3-10H,2,11-12H2,1H3,(H,23,26). The van der Waals surface area contributed by atoms with Crippen molar-refractivity contribution in [3.8, 4) is 5.75 Å². The molecule has 0 saturated carbocycles. The Morgan fingerprint density at radius 2 is 1.64 bits per heavy atom. The summed E-state index contributed by atoms with van der Waals surface area (Å²) in [6, 6.07) is 12.2. The fourth-order valence-corrected chi connectivity index (χ4v) is 2.97. The highest BCUT2D eigenvalue weighted by atomic mass is 19.4. The van der Waals surface area contributed by atoms with Crippen molar-refractivity contribution in [1.29, 1.82) is 0 Å². The molecule has 1 amide bonds. The van der Waals surface area contributed by atoms with E-state index in [0.717, 1.165) is 23.2 Å². The first kappa shape index (κ1) is 19.5. The van der Waals surface area contributed by atoms with Gasteiger partial charge < -0.3 is 10.1 Å². The first-order chi connectivity index (χ1) is 13.3. The van der Waals surface area contributed by atoms with E-state index in [-0.39, 0.29) is 30.3 Å². The van der Waals surface area contributed by atoms with Crippen LogP contribution in [0.25, 0.3) is 11.0 Å². The number of aryl methyl sites for hydroxylation is 2. The van der Waals surface area contributed by atoms with Crippen LogP contribution in [0.1, 0.15) is 13.3 Å². The minimum absolute atomic E-state index is 0.0401. The Morgan fingerprint density at radius 1 is 1.04 bits per heavy atom. The van der Waals surface area contributed by atoms with E-state index in [1.54, 1.807) is 9.13 Å². The topological polar surface area (TPSA) is 65.3 Å². The summed E-state index contributed by atoms with van der Waals surface area (Å²) >= 11 is 0. The molecule has 148 valence electrons. The number of fused-ring (bicyclic) bond motifs is 1. The number of halogens is 3. The van der Waals surface area contributed by atoms with Gasteiger partial charge in [-0.25, -0.2) is 4.79 Å². The summed E-state index contributed by atoms with van der Waals surface area (Å²) in [7, 11) is 0. The first-order valence-electron chi connectivity index (χ1n) is 8.62. The number of anilines is 1. The van der Waals surface area contributed by atoms with Gasteiger partial charge in [0, 0.05) is 25.2 Å². The van der Waals surface area contributed by atoms with Gasteiger partial charge in [0.25, 0.3) is 0 Å². The van der Waals surface area contributed by atoms with E-state index in [9.17, 15) is 22.8 Å². The van der Waals surface area contributed by atoms with E-state index >= 15 is 0 Å². The van der Waals surface area contributed by atoms with E-state index in [0.29, 0.717) is 12.2 Å². The first-order valence-corrected chi connectivity index (χ1v) is 8.62. The van der Waals surface area contributed by atoms with Gasteiger partial charge in [-0.15, -0.1) is 13.2 Å². The third-order valence-corrected chi connectivity index (χ3v) is 4.18. The predicted octanol–water partition coefficient (Wildman–Crippen LogP) is 3.75. The Hall–Kier alpha value is -3.23. The number of hydrogen-bond donors (Lipinski definition) is 1. The lowest BCUT2D eigenvalue weighted by Gasteiger charge is -2.10. The number of carbonyl (C=O) groups is 1. The summed E-state index contributed by atoms with van der Waals surface area (Å²) in [5.74, 6) is -0.728. The van der Waals surface area contributed by atoms with Crippen molar-refractivity contribution in [3.63, 3.8) is 0 Å². The van der Waals surface area contributed by atoms with E-state index < -0.39 is 6.36 Å². The number of imidazole rings is 1. The molecule has 1 aromatic heterocycles. The van der Waals surface area contributed by atoms with E-state index in [2.05, 4.69) is 10.1 Å². The fourth-order valence-electron chi connectivity index (χ4n) is 2.97. The monoisotopic (exact) mass is 393 g/mol. The number of alkyl halides is 3. The van der Waals surface area contributed by atoms with Crippen molar-refractivity contribution < 1.29 is 22.7 Å². The van der Waals surface area contributed by atoms with Crippen LogP contribution >= 0.6 is 0 Å². The zero-order valence-corrected chi connectivity index (χ0v) is 15.0. The molecule has 0 saturated heterocycles. The predicted molar refractivity (Wildman–Crippen MR) is 98.2 cm³/mol. The molecule has 0 spiro atoms. The third kappa shape index (κ3) is 4.36. The Kier molecular flexibility index (Phi) is 5.43. The normalized spacial score (nSPS) is 11.6. The summed E-state index contributed by atoms with van der Waals surface area (Å²) in [6.45, 7) is 2.58. The fraction of sp³-hybridized carbons (Fsp3) is 0.263. The molecule has 0 fully saturated rings.